The summed E-state index contributed by atoms with van der Waals surface area (Å²) in [6.07, 6.45) is -3.63. The average molecular weight is 348 g/mol. The first-order chi connectivity index (χ1) is 10.7. The van der Waals surface area contributed by atoms with Gasteiger partial charge in [0.05, 0.1) is 10.5 Å². The molecule has 0 aliphatic carbocycles. The van der Waals surface area contributed by atoms with Crippen LogP contribution in [-0.4, -0.2) is 49.2 Å². The highest BCUT2D eigenvalue weighted by Crippen LogP contribution is 2.32. The molecule has 1 amide bonds. The number of benzene rings is 1. The van der Waals surface area contributed by atoms with Crippen LogP contribution in [0.5, 0.6) is 0 Å². The quantitative estimate of drug-likeness (QED) is 0.817. The van der Waals surface area contributed by atoms with E-state index < -0.39 is 21.8 Å². The maximum Gasteiger partial charge on any atom is 0.416 e. The molecule has 23 heavy (non-hydrogen) atoms. The van der Waals surface area contributed by atoms with Gasteiger partial charge in [0.2, 0.25) is 15.9 Å². The van der Waals surface area contributed by atoms with Crippen molar-refractivity contribution in [2.24, 2.45) is 0 Å². The van der Waals surface area contributed by atoms with E-state index in [1.807, 2.05) is 0 Å². The normalized spacial score (nSPS) is 23.2. The van der Waals surface area contributed by atoms with Crippen molar-refractivity contribution < 1.29 is 26.4 Å². The zero-order valence-electron chi connectivity index (χ0n) is 12.1. The van der Waals surface area contributed by atoms with Crippen LogP contribution >= 0.6 is 0 Å². The minimum atomic E-state index is -4.60. The standard InChI is InChI=1S/C14H15F3N2O3S/c15-14(16,17)10-2-1-3-12(8-10)23(21,22)18-6-7-19-11(9-18)4-5-13(19)20/h1-3,8,11H,4-7,9H2. The van der Waals surface area contributed by atoms with E-state index in [2.05, 4.69) is 0 Å². The fraction of sp³-hybridized carbons (Fsp3) is 0.500. The summed E-state index contributed by atoms with van der Waals surface area (Å²) in [5, 5.41) is 0. The monoisotopic (exact) mass is 348 g/mol. The first kappa shape index (κ1) is 16.3. The van der Waals surface area contributed by atoms with Crippen molar-refractivity contribution in [1.29, 1.82) is 0 Å². The van der Waals surface area contributed by atoms with E-state index >= 15 is 0 Å². The molecule has 5 nitrogen and oxygen atoms in total. The van der Waals surface area contributed by atoms with Crippen molar-refractivity contribution in [1.82, 2.24) is 9.21 Å². The van der Waals surface area contributed by atoms with E-state index in [0.29, 0.717) is 18.9 Å². The lowest BCUT2D eigenvalue weighted by atomic mass is 10.2. The van der Waals surface area contributed by atoms with Gasteiger partial charge in [0.1, 0.15) is 0 Å². The number of hydrogen-bond donors (Lipinski definition) is 0. The summed E-state index contributed by atoms with van der Waals surface area (Å²) in [5.41, 5.74) is -0.992. The molecule has 2 aliphatic rings. The Bertz CT molecular complexity index is 733. The molecule has 1 unspecified atom stereocenters. The molecular formula is C14H15F3N2O3S. The highest BCUT2D eigenvalue weighted by Gasteiger charge is 2.40. The van der Waals surface area contributed by atoms with Gasteiger partial charge in [-0.05, 0) is 24.6 Å². The molecule has 9 heteroatoms. The van der Waals surface area contributed by atoms with E-state index in [1.54, 1.807) is 4.90 Å². The van der Waals surface area contributed by atoms with Gasteiger partial charge in [-0.1, -0.05) is 6.07 Å². The molecule has 2 fully saturated rings. The van der Waals surface area contributed by atoms with Crippen molar-refractivity contribution in [3.05, 3.63) is 29.8 Å². The molecule has 2 saturated heterocycles. The van der Waals surface area contributed by atoms with Crippen molar-refractivity contribution in [3.8, 4) is 0 Å². The van der Waals surface area contributed by atoms with Gasteiger partial charge >= 0.3 is 6.18 Å². The van der Waals surface area contributed by atoms with Gasteiger partial charge in [0, 0.05) is 32.1 Å². The number of hydrogen-bond acceptors (Lipinski definition) is 3. The molecule has 1 aromatic carbocycles. The molecule has 126 valence electrons. The first-order valence-electron chi connectivity index (χ1n) is 7.16. The van der Waals surface area contributed by atoms with Gasteiger partial charge in [-0.25, -0.2) is 8.42 Å². The maximum absolute atomic E-state index is 12.8. The van der Waals surface area contributed by atoms with Crippen LogP contribution < -0.4 is 0 Å². The van der Waals surface area contributed by atoms with Gasteiger partial charge < -0.3 is 4.90 Å². The Balaban J connectivity index is 1.86. The van der Waals surface area contributed by atoms with E-state index in [4.69, 9.17) is 0 Å². The van der Waals surface area contributed by atoms with E-state index in [-0.39, 0.29) is 36.5 Å². The maximum atomic E-state index is 12.8. The van der Waals surface area contributed by atoms with Crippen LogP contribution in [0.3, 0.4) is 0 Å². The Morgan fingerprint density at radius 2 is 1.91 bits per heavy atom. The lowest BCUT2D eigenvalue weighted by Gasteiger charge is -2.36. The summed E-state index contributed by atoms with van der Waals surface area (Å²) in [6, 6.07) is 3.56. The smallest absolute Gasteiger partial charge is 0.337 e. The number of carbonyl (C=O) groups is 1. The van der Waals surface area contributed by atoms with Crippen LogP contribution in [0.2, 0.25) is 0 Å². The number of nitrogens with zero attached hydrogens (tertiary/aromatic N) is 2. The summed E-state index contributed by atoms with van der Waals surface area (Å²) in [4.78, 5) is 12.9. The molecule has 0 N–H and O–H groups in total. The second kappa shape index (κ2) is 5.48. The Hall–Kier alpha value is -1.61. The number of rotatable bonds is 2. The summed E-state index contributed by atoms with van der Waals surface area (Å²) in [6.45, 7) is 0.507. The molecule has 0 aromatic heterocycles. The van der Waals surface area contributed by atoms with Gasteiger partial charge in [-0.15, -0.1) is 0 Å². The van der Waals surface area contributed by atoms with E-state index in [9.17, 15) is 26.4 Å². The SMILES string of the molecule is O=C1CCC2CN(S(=O)(=O)c3cccc(C(F)(F)F)c3)CCN12. The highest BCUT2D eigenvalue weighted by molar-refractivity contribution is 7.89. The largest absolute Gasteiger partial charge is 0.416 e. The van der Waals surface area contributed by atoms with Crippen LogP contribution in [0.15, 0.2) is 29.2 Å². The molecule has 2 heterocycles. The van der Waals surface area contributed by atoms with Crippen LogP contribution in [-0.2, 0) is 21.0 Å². The third kappa shape index (κ3) is 2.94. The molecule has 3 rings (SSSR count). The number of carbonyl (C=O) groups excluding carboxylic acids is 1. The molecule has 1 aromatic rings. The summed E-state index contributed by atoms with van der Waals surface area (Å²) >= 11 is 0. The second-order valence-electron chi connectivity index (χ2n) is 5.67. The van der Waals surface area contributed by atoms with Crippen LogP contribution in [0.4, 0.5) is 13.2 Å². The Morgan fingerprint density at radius 1 is 1.17 bits per heavy atom. The number of halogens is 3. The first-order valence-corrected chi connectivity index (χ1v) is 8.60. The summed E-state index contributed by atoms with van der Waals surface area (Å²) in [5.74, 6) is 0.00566. The van der Waals surface area contributed by atoms with Gasteiger partial charge in [0.25, 0.3) is 0 Å². The van der Waals surface area contributed by atoms with Crippen LogP contribution in [0.1, 0.15) is 18.4 Å². The zero-order valence-corrected chi connectivity index (χ0v) is 12.9. The fourth-order valence-corrected chi connectivity index (χ4v) is 4.55. The van der Waals surface area contributed by atoms with Crippen molar-refractivity contribution in [2.45, 2.75) is 30.0 Å². The average Bonchev–Trinajstić information content (AvgIpc) is 2.87. The molecule has 1 atom stereocenters. The predicted molar refractivity (Wildman–Crippen MR) is 74.9 cm³/mol. The summed E-state index contributed by atoms with van der Waals surface area (Å²) < 4.78 is 64.6. The lowest BCUT2D eigenvalue weighted by molar-refractivity contribution is -0.137. The van der Waals surface area contributed by atoms with E-state index in [1.165, 1.54) is 4.31 Å². The Kier molecular flexibility index (Phi) is 3.88. The third-order valence-corrected chi connectivity index (χ3v) is 6.12. The minimum Gasteiger partial charge on any atom is -0.337 e. The topological polar surface area (TPSA) is 57.7 Å². The molecule has 0 spiro atoms. The van der Waals surface area contributed by atoms with E-state index in [0.717, 1.165) is 18.2 Å². The third-order valence-electron chi connectivity index (χ3n) is 4.26. The molecule has 2 aliphatic heterocycles. The Labute approximate surface area is 131 Å². The molecule has 0 bridgehead atoms. The predicted octanol–water partition coefficient (Wildman–Crippen LogP) is 1.70. The molecule has 0 radical (unpaired) electrons. The second-order valence-corrected chi connectivity index (χ2v) is 7.61. The summed E-state index contributed by atoms with van der Waals surface area (Å²) in [7, 11) is -4.01. The highest BCUT2D eigenvalue weighted by atomic mass is 32.2. The van der Waals surface area contributed by atoms with Gasteiger partial charge in [-0.2, -0.15) is 17.5 Å². The van der Waals surface area contributed by atoms with Crippen LogP contribution in [0, 0.1) is 0 Å². The lowest BCUT2D eigenvalue weighted by Crippen LogP contribution is -2.53. The molecular weight excluding hydrogens is 333 g/mol. The van der Waals surface area contributed by atoms with Crippen molar-refractivity contribution >= 4 is 15.9 Å². The Morgan fingerprint density at radius 3 is 2.61 bits per heavy atom. The number of sulfonamides is 1. The number of fused-ring (bicyclic) bond motifs is 1. The molecule has 0 saturated carbocycles. The number of amides is 1. The van der Waals surface area contributed by atoms with Crippen LogP contribution in [0.25, 0.3) is 0 Å². The fourth-order valence-electron chi connectivity index (χ4n) is 3.04. The zero-order chi connectivity index (χ0) is 16.8. The van der Waals surface area contributed by atoms with Gasteiger partial charge in [-0.3, -0.25) is 4.79 Å². The number of alkyl halides is 3. The van der Waals surface area contributed by atoms with Gasteiger partial charge in [0.15, 0.2) is 0 Å². The van der Waals surface area contributed by atoms with Crippen molar-refractivity contribution in [3.63, 3.8) is 0 Å². The minimum absolute atomic E-state index is 0.00566. The van der Waals surface area contributed by atoms with Crippen molar-refractivity contribution in [2.75, 3.05) is 19.6 Å². The number of piperazine rings is 1.